The van der Waals surface area contributed by atoms with Crippen molar-refractivity contribution in [2.75, 3.05) is 13.2 Å². The Labute approximate surface area is 160 Å². The number of terminal acetylenes is 1. The molecule has 0 radical (unpaired) electrons. The van der Waals surface area contributed by atoms with Crippen LogP contribution in [0, 0.1) is 19.3 Å². The van der Waals surface area contributed by atoms with Crippen molar-refractivity contribution in [3.63, 3.8) is 0 Å². The molecule has 0 aromatic heterocycles. The molecule has 0 heterocycles. The van der Waals surface area contributed by atoms with E-state index < -0.39 is 16.0 Å². The summed E-state index contributed by atoms with van der Waals surface area (Å²) in [6.07, 6.45) is 6.59. The van der Waals surface area contributed by atoms with E-state index in [-0.39, 0.29) is 23.7 Å². The predicted molar refractivity (Wildman–Crippen MR) is 105 cm³/mol. The minimum Gasteiger partial charge on any atom is -0.463 e. The summed E-state index contributed by atoms with van der Waals surface area (Å²) in [6.45, 7) is 3.50. The van der Waals surface area contributed by atoms with E-state index in [9.17, 15) is 13.2 Å². The molecule has 0 aliphatic rings. The van der Waals surface area contributed by atoms with Gasteiger partial charge in [0.25, 0.3) is 10.0 Å². The third-order valence-electron chi connectivity index (χ3n) is 3.72. The van der Waals surface area contributed by atoms with E-state index in [0.717, 1.165) is 15.9 Å². The Hall–Kier alpha value is -3.04. The molecule has 0 spiro atoms. The zero-order valence-corrected chi connectivity index (χ0v) is 16.1. The van der Waals surface area contributed by atoms with E-state index in [4.69, 9.17) is 11.2 Å². The first-order valence-electron chi connectivity index (χ1n) is 8.37. The largest absolute Gasteiger partial charge is 0.463 e. The molecule has 2 aromatic carbocycles. The van der Waals surface area contributed by atoms with Gasteiger partial charge in [-0.05, 0) is 31.5 Å². The summed E-state index contributed by atoms with van der Waals surface area (Å²) >= 11 is 0. The van der Waals surface area contributed by atoms with Gasteiger partial charge in [0.05, 0.1) is 23.7 Å². The molecule has 0 unspecified atom stereocenters. The summed E-state index contributed by atoms with van der Waals surface area (Å²) in [5.41, 5.74) is 1.63. The quantitative estimate of drug-likeness (QED) is 0.418. The number of carbonyl (C=O) groups is 1. The summed E-state index contributed by atoms with van der Waals surface area (Å²) in [7, 11) is -3.97. The minimum absolute atomic E-state index is 0.0917. The van der Waals surface area contributed by atoms with Crippen molar-refractivity contribution < 1.29 is 17.9 Å². The highest BCUT2D eigenvalue weighted by atomic mass is 32.2. The Kier molecular flexibility index (Phi) is 6.80. The van der Waals surface area contributed by atoms with Gasteiger partial charge < -0.3 is 4.74 Å². The van der Waals surface area contributed by atoms with Gasteiger partial charge in [-0.3, -0.25) is 4.31 Å². The number of esters is 1. The molecule has 0 saturated carbocycles. The van der Waals surface area contributed by atoms with Crippen molar-refractivity contribution >= 4 is 21.7 Å². The fraction of sp³-hybridized carbons (Fsp3) is 0.190. The van der Waals surface area contributed by atoms with Crippen molar-refractivity contribution in [3.8, 4) is 12.3 Å². The number of nitrogens with zero attached hydrogens (tertiary/aromatic N) is 1. The molecule has 2 aromatic rings. The lowest BCUT2D eigenvalue weighted by atomic mass is 10.1. The van der Waals surface area contributed by atoms with Gasteiger partial charge in [0.2, 0.25) is 0 Å². The molecule has 0 aliphatic heterocycles. The van der Waals surface area contributed by atoms with E-state index in [1.54, 1.807) is 49.4 Å². The minimum atomic E-state index is -3.97. The third-order valence-corrected chi connectivity index (χ3v) is 5.50. The molecule has 27 heavy (non-hydrogen) atoms. The first-order chi connectivity index (χ1) is 12.9. The van der Waals surface area contributed by atoms with Crippen LogP contribution in [-0.4, -0.2) is 31.8 Å². The molecule has 0 saturated heterocycles. The normalized spacial score (nSPS) is 11.5. The van der Waals surface area contributed by atoms with E-state index in [0.29, 0.717) is 5.56 Å². The summed E-state index contributed by atoms with van der Waals surface area (Å²) < 4.78 is 32.5. The highest BCUT2D eigenvalue weighted by Crippen LogP contribution is 2.27. The maximum Gasteiger partial charge on any atom is 0.332 e. The van der Waals surface area contributed by atoms with E-state index in [1.807, 2.05) is 6.92 Å². The van der Waals surface area contributed by atoms with Gasteiger partial charge in [0, 0.05) is 6.08 Å². The Morgan fingerprint density at radius 2 is 1.78 bits per heavy atom. The number of aryl methyl sites for hydroxylation is 1. The predicted octanol–water partition coefficient (Wildman–Crippen LogP) is 3.22. The van der Waals surface area contributed by atoms with Crippen molar-refractivity contribution in [2.24, 2.45) is 0 Å². The molecule has 6 heteroatoms. The van der Waals surface area contributed by atoms with Crippen molar-refractivity contribution in [3.05, 3.63) is 71.8 Å². The van der Waals surface area contributed by atoms with Crippen molar-refractivity contribution in [1.82, 2.24) is 4.31 Å². The van der Waals surface area contributed by atoms with Gasteiger partial charge in [-0.1, -0.05) is 53.9 Å². The lowest BCUT2D eigenvalue weighted by Crippen LogP contribution is -2.31. The number of hydrogen-bond acceptors (Lipinski definition) is 4. The monoisotopic (exact) mass is 383 g/mol. The Bertz CT molecular complexity index is 955. The number of hydrogen-bond donors (Lipinski definition) is 0. The van der Waals surface area contributed by atoms with Crippen LogP contribution in [0.1, 0.15) is 18.1 Å². The van der Waals surface area contributed by atoms with Crippen LogP contribution in [0.2, 0.25) is 0 Å². The number of rotatable bonds is 7. The lowest BCUT2D eigenvalue weighted by Gasteiger charge is -2.25. The Morgan fingerprint density at radius 3 is 2.33 bits per heavy atom. The molecule has 2 rings (SSSR count). The second-order valence-corrected chi connectivity index (χ2v) is 7.54. The number of carbonyl (C=O) groups excluding carboxylic acids is 1. The third kappa shape index (κ3) is 4.99. The van der Waals surface area contributed by atoms with Crippen LogP contribution < -0.4 is 0 Å². The van der Waals surface area contributed by atoms with Gasteiger partial charge in [0.1, 0.15) is 0 Å². The van der Waals surface area contributed by atoms with Crippen LogP contribution in [0.3, 0.4) is 0 Å². The van der Waals surface area contributed by atoms with Crippen LogP contribution in [0.4, 0.5) is 0 Å². The molecule has 140 valence electrons. The summed E-state index contributed by atoms with van der Waals surface area (Å²) in [5.74, 6) is 1.72. The summed E-state index contributed by atoms with van der Waals surface area (Å²) in [6, 6.07) is 15.2. The topological polar surface area (TPSA) is 63.7 Å². The zero-order valence-electron chi connectivity index (χ0n) is 15.3. The number of sulfonamides is 1. The molecule has 0 bridgehead atoms. The molecular formula is C21H21NO4S. The fourth-order valence-corrected chi connectivity index (χ4v) is 3.82. The van der Waals surface area contributed by atoms with Gasteiger partial charge in [-0.2, -0.15) is 0 Å². The molecule has 0 amide bonds. The van der Waals surface area contributed by atoms with Crippen molar-refractivity contribution in [2.45, 2.75) is 18.7 Å². The molecule has 0 N–H and O–H groups in total. The maximum absolute atomic E-state index is 13.2. The van der Waals surface area contributed by atoms with Gasteiger partial charge in [-0.15, -0.1) is 6.42 Å². The lowest BCUT2D eigenvalue weighted by molar-refractivity contribution is -0.137. The van der Waals surface area contributed by atoms with Crippen molar-refractivity contribution in [1.29, 1.82) is 0 Å². The molecule has 0 fully saturated rings. The van der Waals surface area contributed by atoms with Gasteiger partial charge in [-0.25, -0.2) is 13.2 Å². The van der Waals surface area contributed by atoms with Crippen LogP contribution in [0.15, 0.2) is 65.6 Å². The number of benzene rings is 2. The zero-order chi connectivity index (χ0) is 19.9. The maximum atomic E-state index is 13.2. The van der Waals surface area contributed by atoms with E-state index in [1.165, 1.54) is 12.1 Å². The molecular weight excluding hydrogens is 362 g/mol. The van der Waals surface area contributed by atoms with E-state index in [2.05, 4.69) is 5.92 Å². The summed E-state index contributed by atoms with van der Waals surface area (Å²) in [5, 5.41) is 0. The summed E-state index contributed by atoms with van der Waals surface area (Å²) in [4.78, 5) is 12.2. The SMILES string of the molecule is C#CCN(/C(=C/C(=O)OCC)c1ccccc1)S(=O)(=O)c1ccc(C)cc1. The molecule has 0 aliphatic carbocycles. The molecule has 0 atom stereocenters. The average Bonchev–Trinajstić information content (AvgIpc) is 2.66. The fourth-order valence-electron chi connectivity index (χ4n) is 2.42. The van der Waals surface area contributed by atoms with Crippen LogP contribution in [0.25, 0.3) is 5.70 Å². The van der Waals surface area contributed by atoms with E-state index >= 15 is 0 Å². The van der Waals surface area contributed by atoms with Crippen LogP contribution in [0.5, 0.6) is 0 Å². The Balaban J connectivity index is 2.62. The Morgan fingerprint density at radius 1 is 1.15 bits per heavy atom. The highest BCUT2D eigenvalue weighted by Gasteiger charge is 2.27. The first-order valence-corrected chi connectivity index (χ1v) is 9.81. The standard InChI is InChI=1S/C21H21NO4S/c1-4-15-22(27(24,25)19-13-11-17(3)12-14-19)20(16-21(23)26-5-2)18-9-7-6-8-10-18/h1,6-14,16H,5,15H2,2-3H3/b20-16+. The van der Waals surface area contributed by atoms with Gasteiger partial charge >= 0.3 is 5.97 Å². The van der Waals surface area contributed by atoms with Crippen LogP contribution >= 0.6 is 0 Å². The smallest absolute Gasteiger partial charge is 0.332 e. The number of ether oxygens (including phenoxy) is 1. The highest BCUT2D eigenvalue weighted by molar-refractivity contribution is 7.89. The van der Waals surface area contributed by atoms with Crippen LogP contribution in [-0.2, 0) is 19.6 Å². The second kappa shape index (κ2) is 9.06. The van der Waals surface area contributed by atoms with Gasteiger partial charge in [0.15, 0.2) is 0 Å². The first kappa shape index (κ1) is 20.3. The average molecular weight is 383 g/mol. The molecule has 5 nitrogen and oxygen atoms in total. The second-order valence-electron chi connectivity index (χ2n) is 5.68.